The number of rotatable bonds is 4. The fourth-order valence-corrected chi connectivity index (χ4v) is 10.5. The Balaban J connectivity index is 1.17. The van der Waals surface area contributed by atoms with Crippen LogP contribution in [-0.2, 0) is 10.8 Å². The van der Waals surface area contributed by atoms with Crippen molar-refractivity contribution in [2.45, 2.75) is 38.5 Å². The molecule has 0 bridgehead atoms. The summed E-state index contributed by atoms with van der Waals surface area (Å²) in [6.07, 6.45) is 3.91. The van der Waals surface area contributed by atoms with Gasteiger partial charge in [-0.3, -0.25) is 0 Å². The van der Waals surface area contributed by atoms with Gasteiger partial charge >= 0.3 is 0 Å². The molecule has 0 aliphatic heterocycles. The van der Waals surface area contributed by atoms with E-state index in [1.807, 2.05) is 12.2 Å². The minimum Gasteiger partial charge on any atom is -0.0985 e. The van der Waals surface area contributed by atoms with Gasteiger partial charge < -0.3 is 0 Å². The maximum atomic E-state index is 4.06. The van der Waals surface area contributed by atoms with Gasteiger partial charge in [-0.2, -0.15) is 0 Å². The quantitative estimate of drug-likeness (QED) is 0.128. The third-order valence-corrected chi connectivity index (χ3v) is 13.2. The molecule has 0 heterocycles. The van der Waals surface area contributed by atoms with Gasteiger partial charge in [-0.1, -0.05) is 186 Å². The molecule has 0 radical (unpaired) electrons. The smallest absolute Gasteiger partial charge is 0.0159 e. The van der Waals surface area contributed by atoms with Crippen LogP contribution in [0.4, 0.5) is 0 Å². The highest BCUT2D eigenvalue weighted by molar-refractivity contribution is 6.35. The molecule has 0 amide bonds. The van der Waals surface area contributed by atoms with Gasteiger partial charge in [0.05, 0.1) is 0 Å². The van der Waals surface area contributed by atoms with Gasteiger partial charge in [0.2, 0.25) is 0 Å². The minimum absolute atomic E-state index is 0.0937. The van der Waals surface area contributed by atoms with E-state index < -0.39 is 0 Å². The molecule has 256 valence electrons. The summed E-state index contributed by atoms with van der Waals surface area (Å²) in [5.41, 5.74) is 18.2. The lowest BCUT2D eigenvalue weighted by atomic mass is 9.80. The summed E-state index contributed by atoms with van der Waals surface area (Å²) >= 11 is 0. The van der Waals surface area contributed by atoms with Gasteiger partial charge in [0.15, 0.2) is 0 Å². The van der Waals surface area contributed by atoms with E-state index in [9.17, 15) is 0 Å². The third kappa shape index (κ3) is 3.88. The lowest BCUT2D eigenvalue weighted by molar-refractivity contribution is 0.660. The molecule has 0 saturated carbocycles. The first kappa shape index (κ1) is 31.3. The SMILES string of the molecule is C=Cc1ccc2c(c1)C(C)(C)c1cccc(-c3ccc4c5cccc6c(-c7cccc8c7-c7ccc(C=C)cc7C8(C)C)ccc(c7cccc3c74)c65)c1-2. The van der Waals surface area contributed by atoms with Gasteiger partial charge in [0.25, 0.3) is 0 Å². The zero-order chi connectivity index (χ0) is 36.7. The molecule has 0 unspecified atom stereocenters. The summed E-state index contributed by atoms with van der Waals surface area (Å²) in [6, 6.07) is 50.9. The van der Waals surface area contributed by atoms with Crippen LogP contribution in [0.15, 0.2) is 147 Å². The highest BCUT2D eigenvalue weighted by Crippen LogP contribution is 2.56. The van der Waals surface area contributed by atoms with Crippen molar-refractivity contribution in [1.82, 2.24) is 0 Å². The Morgan fingerprint density at radius 3 is 1.15 bits per heavy atom. The van der Waals surface area contributed by atoms with Crippen molar-refractivity contribution >= 4 is 55.2 Å². The Bertz CT molecular complexity index is 2890. The van der Waals surface area contributed by atoms with Gasteiger partial charge in [0.1, 0.15) is 0 Å². The van der Waals surface area contributed by atoms with E-state index >= 15 is 0 Å². The van der Waals surface area contributed by atoms with Crippen molar-refractivity contribution in [3.63, 3.8) is 0 Å². The fraction of sp³-hybridized carbons (Fsp3) is 0.111. The molecule has 0 atom stereocenters. The van der Waals surface area contributed by atoms with E-state index in [0.29, 0.717) is 0 Å². The summed E-state index contributed by atoms with van der Waals surface area (Å²) in [7, 11) is 0. The molecule has 0 heteroatoms. The van der Waals surface area contributed by atoms with Crippen LogP contribution in [0, 0.1) is 0 Å². The van der Waals surface area contributed by atoms with Crippen LogP contribution in [0.1, 0.15) is 61.1 Å². The molecule has 11 rings (SSSR count). The number of hydrogen-bond donors (Lipinski definition) is 0. The van der Waals surface area contributed by atoms with Crippen LogP contribution >= 0.6 is 0 Å². The van der Waals surface area contributed by atoms with Crippen molar-refractivity contribution in [3.8, 4) is 44.5 Å². The molecular weight excluding hydrogens is 649 g/mol. The summed E-state index contributed by atoms with van der Waals surface area (Å²) < 4.78 is 0. The Hall–Kier alpha value is -6.24. The van der Waals surface area contributed by atoms with E-state index in [1.165, 1.54) is 121 Å². The molecule has 0 saturated heterocycles. The maximum absolute atomic E-state index is 4.06. The summed E-state index contributed by atoms with van der Waals surface area (Å²) in [4.78, 5) is 0. The predicted octanol–water partition coefficient (Wildman–Crippen LogP) is 15.0. The number of benzene rings is 9. The molecule has 0 nitrogen and oxygen atoms in total. The molecule has 9 aromatic carbocycles. The fourth-order valence-electron chi connectivity index (χ4n) is 10.5. The minimum atomic E-state index is -0.0937. The average Bonchev–Trinajstić information content (AvgIpc) is 3.58. The molecule has 2 aliphatic carbocycles. The first-order valence-corrected chi connectivity index (χ1v) is 19.2. The zero-order valence-corrected chi connectivity index (χ0v) is 31.3. The standard InChI is InChI=1S/C54H40/c1-7-31-21-23-43-47(29-31)53(3,4)45-19-11-17-37(51(43)45)33-25-27-41-40-16-10-14-36-34(26-28-42(50(36)40)39-15-9-13-35(33)49(39)41)38-18-12-20-46-52(38)44-24-22-32(8-2)30-48(44)54(46,5)6/h7-30H,1-2H2,3-6H3. The Morgan fingerprint density at radius 2 is 0.722 bits per heavy atom. The van der Waals surface area contributed by atoms with Gasteiger partial charge in [-0.15, -0.1) is 0 Å². The van der Waals surface area contributed by atoms with Gasteiger partial charge in [-0.05, 0) is 121 Å². The highest BCUT2D eigenvalue weighted by atomic mass is 14.4. The molecular formula is C54H40. The normalized spacial score (nSPS) is 14.7. The largest absolute Gasteiger partial charge is 0.0985 e. The summed E-state index contributed by atoms with van der Waals surface area (Å²) in [5.74, 6) is 0. The summed E-state index contributed by atoms with van der Waals surface area (Å²) in [6.45, 7) is 17.6. The predicted molar refractivity (Wildman–Crippen MR) is 234 cm³/mol. The van der Waals surface area contributed by atoms with Crippen LogP contribution in [0.3, 0.4) is 0 Å². The van der Waals surface area contributed by atoms with Crippen molar-refractivity contribution in [3.05, 3.63) is 180 Å². The van der Waals surface area contributed by atoms with Crippen LogP contribution in [0.25, 0.3) is 99.7 Å². The first-order valence-electron chi connectivity index (χ1n) is 19.2. The third-order valence-electron chi connectivity index (χ3n) is 13.2. The van der Waals surface area contributed by atoms with Crippen LogP contribution in [-0.4, -0.2) is 0 Å². The Morgan fingerprint density at radius 1 is 0.352 bits per heavy atom. The second-order valence-corrected chi connectivity index (χ2v) is 16.5. The van der Waals surface area contributed by atoms with Crippen molar-refractivity contribution in [1.29, 1.82) is 0 Å². The zero-order valence-electron chi connectivity index (χ0n) is 31.3. The number of hydrogen-bond acceptors (Lipinski definition) is 0. The second-order valence-electron chi connectivity index (χ2n) is 16.5. The van der Waals surface area contributed by atoms with Crippen molar-refractivity contribution < 1.29 is 0 Å². The molecule has 9 aromatic rings. The Labute approximate surface area is 317 Å². The second kappa shape index (κ2) is 10.7. The summed E-state index contributed by atoms with van der Waals surface area (Å²) in [5, 5.41) is 10.5. The maximum Gasteiger partial charge on any atom is 0.0159 e. The van der Waals surface area contributed by atoms with Gasteiger partial charge in [0, 0.05) is 10.8 Å². The van der Waals surface area contributed by atoms with E-state index in [4.69, 9.17) is 0 Å². The van der Waals surface area contributed by atoms with E-state index in [2.05, 4.69) is 174 Å². The van der Waals surface area contributed by atoms with E-state index in [1.54, 1.807) is 0 Å². The average molecular weight is 689 g/mol. The number of fused-ring (bicyclic) bond motifs is 8. The van der Waals surface area contributed by atoms with E-state index in [-0.39, 0.29) is 10.8 Å². The highest BCUT2D eigenvalue weighted by Gasteiger charge is 2.38. The molecule has 0 fully saturated rings. The van der Waals surface area contributed by atoms with Gasteiger partial charge in [-0.25, -0.2) is 0 Å². The lowest BCUT2D eigenvalue weighted by Gasteiger charge is -2.22. The van der Waals surface area contributed by atoms with Crippen molar-refractivity contribution in [2.75, 3.05) is 0 Å². The molecule has 2 aliphatic rings. The Kier molecular flexibility index (Phi) is 6.19. The van der Waals surface area contributed by atoms with Crippen LogP contribution in [0.2, 0.25) is 0 Å². The lowest BCUT2D eigenvalue weighted by Crippen LogP contribution is -2.15. The monoisotopic (exact) mass is 688 g/mol. The van der Waals surface area contributed by atoms with Crippen molar-refractivity contribution in [2.24, 2.45) is 0 Å². The topological polar surface area (TPSA) is 0 Å². The van der Waals surface area contributed by atoms with Crippen LogP contribution in [0.5, 0.6) is 0 Å². The molecule has 0 spiro atoms. The molecule has 0 aromatic heterocycles. The first-order chi connectivity index (χ1) is 26.2. The molecule has 54 heavy (non-hydrogen) atoms. The molecule has 0 N–H and O–H groups in total. The van der Waals surface area contributed by atoms with Crippen LogP contribution < -0.4 is 0 Å². The van der Waals surface area contributed by atoms with E-state index in [0.717, 1.165) is 0 Å².